The van der Waals surface area contributed by atoms with Gasteiger partial charge in [0.15, 0.2) is 0 Å². The molecule has 0 amide bonds. The van der Waals surface area contributed by atoms with E-state index < -0.39 is 0 Å². The number of nitrogens with one attached hydrogen (secondary N) is 1. The summed E-state index contributed by atoms with van der Waals surface area (Å²) in [5.41, 5.74) is 6.14. The zero-order valence-electron chi connectivity index (χ0n) is 11.0. The maximum absolute atomic E-state index is 6.14. The fourth-order valence-electron chi connectivity index (χ4n) is 2.14. The first kappa shape index (κ1) is 13.1. The van der Waals surface area contributed by atoms with Gasteiger partial charge in [0.25, 0.3) is 0 Å². The van der Waals surface area contributed by atoms with Crippen molar-refractivity contribution in [2.75, 3.05) is 7.05 Å². The van der Waals surface area contributed by atoms with Crippen LogP contribution < -0.4 is 5.32 Å². The molecule has 2 rings (SSSR count). The third-order valence-corrected chi connectivity index (χ3v) is 3.53. The van der Waals surface area contributed by atoms with Crippen molar-refractivity contribution in [3.63, 3.8) is 0 Å². The number of halogens is 1. The molecule has 1 N–H and O–H groups in total. The van der Waals surface area contributed by atoms with Gasteiger partial charge in [-0.1, -0.05) is 29.8 Å². The smallest absolute Gasteiger partial charge is 0.0438 e. The van der Waals surface area contributed by atoms with Crippen molar-refractivity contribution in [3.05, 3.63) is 58.1 Å². The molecule has 0 saturated carbocycles. The lowest BCUT2D eigenvalue weighted by Gasteiger charge is -2.10. The van der Waals surface area contributed by atoms with Crippen LogP contribution in [0.15, 0.2) is 36.4 Å². The highest BCUT2D eigenvalue weighted by atomic mass is 35.5. The minimum absolute atomic E-state index is 0.836. The van der Waals surface area contributed by atoms with Crippen molar-refractivity contribution >= 4 is 11.6 Å². The van der Waals surface area contributed by atoms with Gasteiger partial charge < -0.3 is 5.32 Å². The number of aryl methyl sites for hydroxylation is 2. The quantitative estimate of drug-likeness (QED) is 0.865. The third-order valence-electron chi connectivity index (χ3n) is 3.12. The fourth-order valence-corrected chi connectivity index (χ4v) is 2.36. The Hall–Kier alpha value is -1.31. The number of hydrogen-bond acceptors (Lipinski definition) is 1. The lowest BCUT2D eigenvalue weighted by molar-refractivity contribution is 0.818. The van der Waals surface area contributed by atoms with Gasteiger partial charge in [-0.25, -0.2) is 0 Å². The van der Waals surface area contributed by atoms with E-state index in [-0.39, 0.29) is 0 Å². The van der Waals surface area contributed by atoms with Crippen molar-refractivity contribution in [2.24, 2.45) is 0 Å². The number of rotatable bonds is 3. The summed E-state index contributed by atoms with van der Waals surface area (Å²) in [4.78, 5) is 0. The zero-order chi connectivity index (χ0) is 13.1. The van der Waals surface area contributed by atoms with Crippen molar-refractivity contribution in [2.45, 2.75) is 20.4 Å². The van der Waals surface area contributed by atoms with Gasteiger partial charge in [-0.15, -0.1) is 0 Å². The molecular formula is C16H18ClN. The van der Waals surface area contributed by atoms with E-state index in [1.54, 1.807) is 0 Å². The molecule has 0 saturated heterocycles. The maximum atomic E-state index is 6.14. The summed E-state index contributed by atoms with van der Waals surface area (Å²) < 4.78 is 0. The van der Waals surface area contributed by atoms with Crippen LogP contribution in [0.1, 0.15) is 16.7 Å². The van der Waals surface area contributed by atoms with Gasteiger partial charge in [0.1, 0.15) is 0 Å². The Morgan fingerprint density at radius 1 is 1.06 bits per heavy atom. The largest absolute Gasteiger partial charge is 0.316 e. The molecule has 0 unspecified atom stereocenters. The Balaban J connectivity index is 2.48. The van der Waals surface area contributed by atoms with Crippen LogP contribution in [-0.4, -0.2) is 7.05 Å². The van der Waals surface area contributed by atoms with E-state index >= 15 is 0 Å². The summed E-state index contributed by atoms with van der Waals surface area (Å²) >= 11 is 6.14. The molecule has 0 aliphatic rings. The standard InChI is InChI=1S/C16H18ClN/c1-11-8-16(17)12(2)7-15(11)14-6-4-5-13(9-14)10-18-3/h4-9,18H,10H2,1-3H3. The Bertz CT molecular complexity index is 561. The SMILES string of the molecule is CNCc1cccc(-c2cc(C)c(Cl)cc2C)c1. The lowest BCUT2D eigenvalue weighted by Crippen LogP contribution is -2.04. The maximum Gasteiger partial charge on any atom is 0.0438 e. The summed E-state index contributed by atoms with van der Waals surface area (Å²) in [6.45, 7) is 5.04. The van der Waals surface area contributed by atoms with Gasteiger partial charge >= 0.3 is 0 Å². The molecule has 2 aromatic rings. The van der Waals surface area contributed by atoms with Crippen molar-refractivity contribution in [1.82, 2.24) is 5.32 Å². The minimum atomic E-state index is 0.836. The molecule has 0 aliphatic carbocycles. The summed E-state index contributed by atoms with van der Waals surface area (Å²) in [6.07, 6.45) is 0. The Labute approximate surface area is 114 Å². The minimum Gasteiger partial charge on any atom is -0.316 e. The summed E-state index contributed by atoms with van der Waals surface area (Å²) in [6, 6.07) is 12.8. The highest BCUT2D eigenvalue weighted by Crippen LogP contribution is 2.29. The molecule has 1 nitrogen and oxygen atoms in total. The van der Waals surface area contributed by atoms with Crippen LogP contribution in [0.2, 0.25) is 5.02 Å². The molecule has 0 bridgehead atoms. The van der Waals surface area contributed by atoms with E-state index in [0.717, 1.165) is 17.1 Å². The van der Waals surface area contributed by atoms with Crippen LogP contribution in [-0.2, 0) is 6.54 Å². The summed E-state index contributed by atoms with van der Waals surface area (Å²) in [5, 5.41) is 4.01. The van der Waals surface area contributed by atoms with Gasteiger partial charge in [-0.05, 0) is 66.9 Å². The van der Waals surface area contributed by atoms with Crippen LogP contribution in [0.25, 0.3) is 11.1 Å². The normalized spacial score (nSPS) is 10.7. The average molecular weight is 260 g/mol. The van der Waals surface area contributed by atoms with Crippen molar-refractivity contribution < 1.29 is 0 Å². The molecule has 0 radical (unpaired) electrons. The van der Waals surface area contributed by atoms with Crippen molar-refractivity contribution in [1.29, 1.82) is 0 Å². The highest BCUT2D eigenvalue weighted by molar-refractivity contribution is 6.31. The summed E-state index contributed by atoms with van der Waals surface area (Å²) in [7, 11) is 1.96. The van der Waals surface area contributed by atoms with E-state index in [0.29, 0.717) is 0 Å². The van der Waals surface area contributed by atoms with Crippen molar-refractivity contribution in [3.8, 4) is 11.1 Å². The molecule has 0 fully saturated rings. The predicted molar refractivity (Wildman–Crippen MR) is 79.1 cm³/mol. The molecule has 0 spiro atoms. The molecular weight excluding hydrogens is 242 g/mol. The van der Waals surface area contributed by atoms with Crippen LogP contribution in [0.3, 0.4) is 0 Å². The van der Waals surface area contributed by atoms with Crippen LogP contribution in [0, 0.1) is 13.8 Å². The Kier molecular flexibility index (Phi) is 4.05. The van der Waals surface area contributed by atoms with E-state index in [4.69, 9.17) is 11.6 Å². The Morgan fingerprint density at radius 3 is 2.56 bits per heavy atom. The molecule has 18 heavy (non-hydrogen) atoms. The van der Waals surface area contributed by atoms with E-state index in [2.05, 4.69) is 42.6 Å². The first-order valence-electron chi connectivity index (χ1n) is 6.12. The molecule has 94 valence electrons. The van der Waals surface area contributed by atoms with Gasteiger partial charge in [0.05, 0.1) is 0 Å². The topological polar surface area (TPSA) is 12.0 Å². The molecule has 2 aromatic carbocycles. The molecule has 0 aromatic heterocycles. The second kappa shape index (κ2) is 5.55. The first-order valence-corrected chi connectivity index (χ1v) is 6.50. The molecule has 0 heterocycles. The molecule has 2 heteroatoms. The van der Waals surface area contributed by atoms with Crippen LogP contribution in [0.4, 0.5) is 0 Å². The van der Waals surface area contributed by atoms with E-state index in [9.17, 15) is 0 Å². The molecule has 0 aliphatic heterocycles. The average Bonchev–Trinajstić information content (AvgIpc) is 2.34. The van der Waals surface area contributed by atoms with Gasteiger partial charge in [0.2, 0.25) is 0 Å². The van der Waals surface area contributed by atoms with Crippen LogP contribution >= 0.6 is 11.6 Å². The number of hydrogen-bond donors (Lipinski definition) is 1. The monoisotopic (exact) mass is 259 g/mol. The molecule has 0 atom stereocenters. The van der Waals surface area contributed by atoms with Gasteiger partial charge in [-0.2, -0.15) is 0 Å². The summed E-state index contributed by atoms with van der Waals surface area (Å²) in [5.74, 6) is 0. The first-order chi connectivity index (χ1) is 8.61. The predicted octanol–water partition coefficient (Wildman–Crippen LogP) is 4.34. The van der Waals surface area contributed by atoms with Gasteiger partial charge in [-0.3, -0.25) is 0 Å². The fraction of sp³-hybridized carbons (Fsp3) is 0.250. The second-order valence-electron chi connectivity index (χ2n) is 4.65. The lowest BCUT2D eigenvalue weighted by atomic mass is 9.97. The zero-order valence-corrected chi connectivity index (χ0v) is 11.8. The second-order valence-corrected chi connectivity index (χ2v) is 5.05. The highest BCUT2D eigenvalue weighted by Gasteiger charge is 2.06. The van der Waals surface area contributed by atoms with Crippen LogP contribution in [0.5, 0.6) is 0 Å². The third kappa shape index (κ3) is 2.74. The van der Waals surface area contributed by atoms with Gasteiger partial charge in [0, 0.05) is 11.6 Å². The van der Waals surface area contributed by atoms with E-state index in [1.165, 1.54) is 22.3 Å². The van der Waals surface area contributed by atoms with E-state index in [1.807, 2.05) is 20.0 Å². The Morgan fingerprint density at radius 2 is 1.83 bits per heavy atom. The number of benzene rings is 2.